The quantitative estimate of drug-likeness (QED) is 0.645. The number of nitrogens with zero attached hydrogens (tertiary/aromatic N) is 1. The van der Waals surface area contributed by atoms with Gasteiger partial charge in [0.25, 0.3) is 0 Å². The van der Waals surface area contributed by atoms with E-state index in [4.69, 9.17) is 33.0 Å². The molecule has 0 aromatic heterocycles. The summed E-state index contributed by atoms with van der Waals surface area (Å²) in [6.45, 7) is 0.975. The highest BCUT2D eigenvalue weighted by Gasteiger charge is 2.34. The third kappa shape index (κ3) is 5.91. The van der Waals surface area contributed by atoms with E-state index < -0.39 is 24.0 Å². The van der Waals surface area contributed by atoms with Crippen LogP contribution in [0.1, 0.15) is 11.1 Å². The van der Waals surface area contributed by atoms with Crippen LogP contribution in [0.2, 0.25) is 10.0 Å². The Bertz CT molecular complexity index is 902. The minimum Gasteiger partial charge on any atom is -0.485 e. The van der Waals surface area contributed by atoms with Crippen LogP contribution < -0.4 is 9.47 Å². The highest BCUT2D eigenvalue weighted by Crippen LogP contribution is 2.35. The SMILES string of the molecule is O=C(O)C1CN(Cc2ccc(OCc3ccc(Cl)c(Cl)c3)c(OC(F)(F)F)c2)C1. The Hall–Kier alpha value is -2.16. The van der Waals surface area contributed by atoms with Gasteiger partial charge in [-0.05, 0) is 35.4 Å². The number of halogens is 5. The number of hydrogen-bond acceptors (Lipinski definition) is 4. The molecule has 0 saturated carbocycles. The van der Waals surface area contributed by atoms with Gasteiger partial charge in [0.2, 0.25) is 0 Å². The van der Waals surface area contributed by atoms with Crippen molar-refractivity contribution in [2.24, 2.45) is 5.92 Å². The third-order valence-electron chi connectivity index (χ3n) is 4.32. The van der Waals surface area contributed by atoms with Gasteiger partial charge < -0.3 is 14.6 Å². The second-order valence-electron chi connectivity index (χ2n) is 6.60. The molecule has 1 aliphatic rings. The lowest BCUT2D eigenvalue weighted by molar-refractivity contribution is -0.275. The van der Waals surface area contributed by atoms with Crippen LogP contribution in [0.5, 0.6) is 11.5 Å². The first kappa shape index (κ1) is 21.5. The van der Waals surface area contributed by atoms with Crippen molar-refractivity contribution < 1.29 is 32.5 Å². The van der Waals surface area contributed by atoms with Crippen molar-refractivity contribution in [3.8, 4) is 11.5 Å². The zero-order valence-electron chi connectivity index (χ0n) is 14.9. The average Bonchev–Trinajstić information content (AvgIpc) is 2.58. The summed E-state index contributed by atoms with van der Waals surface area (Å²) in [6.07, 6.45) is -4.88. The molecule has 0 spiro atoms. The standard InChI is InChI=1S/C19H16Cl2F3NO4/c20-14-3-1-12(5-15(14)21)10-28-16-4-2-11(6-17(16)29-19(22,23)24)7-25-8-13(9-25)18(26)27/h1-6,13H,7-10H2,(H,26,27). The van der Waals surface area contributed by atoms with E-state index in [2.05, 4.69) is 4.74 Å². The lowest BCUT2D eigenvalue weighted by atomic mass is 9.99. The molecule has 0 radical (unpaired) electrons. The molecule has 0 atom stereocenters. The summed E-state index contributed by atoms with van der Waals surface area (Å²) in [5, 5.41) is 9.57. The summed E-state index contributed by atoms with van der Waals surface area (Å²) in [5.41, 5.74) is 1.18. The smallest absolute Gasteiger partial charge is 0.485 e. The number of carbonyl (C=O) groups is 1. The Labute approximate surface area is 174 Å². The minimum atomic E-state index is -4.88. The van der Waals surface area contributed by atoms with Crippen LogP contribution in [0, 0.1) is 5.92 Å². The highest BCUT2D eigenvalue weighted by atomic mass is 35.5. The number of carboxylic acids is 1. The molecule has 1 N–H and O–H groups in total. The Morgan fingerprint density at radius 1 is 1.07 bits per heavy atom. The summed E-state index contributed by atoms with van der Waals surface area (Å²) in [4.78, 5) is 12.7. The summed E-state index contributed by atoms with van der Waals surface area (Å²) in [7, 11) is 0. The summed E-state index contributed by atoms with van der Waals surface area (Å²) in [6, 6.07) is 9.02. The van der Waals surface area contributed by atoms with E-state index in [1.807, 2.05) is 4.90 Å². The average molecular weight is 450 g/mol. The molecule has 5 nitrogen and oxygen atoms in total. The van der Waals surface area contributed by atoms with Crippen LogP contribution in [-0.2, 0) is 17.9 Å². The fourth-order valence-electron chi connectivity index (χ4n) is 2.88. The van der Waals surface area contributed by atoms with E-state index in [1.54, 1.807) is 24.3 Å². The molecule has 1 saturated heterocycles. The van der Waals surface area contributed by atoms with E-state index >= 15 is 0 Å². The monoisotopic (exact) mass is 449 g/mol. The van der Waals surface area contributed by atoms with Crippen LogP contribution in [0.25, 0.3) is 0 Å². The zero-order chi connectivity index (χ0) is 21.2. The van der Waals surface area contributed by atoms with Crippen molar-refractivity contribution in [2.75, 3.05) is 13.1 Å². The second kappa shape index (κ2) is 8.69. The Balaban J connectivity index is 1.71. The number of aliphatic carboxylic acids is 1. The fraction of sp³-hybridized carbons (Fsp3) is 0.316. The maximum atomic E-state index is 12.8. The number of hydrogen-bond donors (Lipinski definition) is 1. The predicted octanol–water partition coefficient (Wildman–Crippen LogP) is 4.99. The second-order valence-corrected chi connectivity index (χ2v) is 7.41. The van der Waals surface area contributed by atoms with Gasteiger partial charge in [-0.3, -0.25) is 9.69 Å². The van der Waals surface area contributed by atoms with Crippen LogP contribution in [0.4, 0.5) is 13.2 Å². The molecule has 1 fully saturated rings. The maximum Gasteiger partial charge on any atom is 0.573 e. The van der Waals surface area contributed by atoms with Gasteiger partial charge in [0, 0.05) is 19.6 Å². The normalized spacial score (nSPS) is 15.1. The highest BCUT2D eigenvalue weighted by molar-refractivity contribution is 6.42. The Morgan fingerprint density at radius 3 is 2.38 bits per heavy atom. The maximum absolute atomic E-state index is 12.8. The van der Waals surface area contributed by atoms with Crippen molar-refractivity contribution in [3.63, 3.8) is 0 Å². The van der Waals surface area contributed by atoms with Gasteiger partial charge in [0.1, 0.15) is 6.61 Å². The van der Waals surface area contributed by atoms with Gasteiger partial charge in [-0.1, -0.05) is 35.3 Å². The van der Waals surface area contributed by atoms with Crippen molar-refractivity contribution >= 4 is 29.2 Å². The molecule has 0 amide bonds. The number of ether oxygens (including phenoxy) is 2. The van der Waals surface area contributed by atoms with Crippen LogP contribution in [0.15, 0.2) is 36.4 Å². The van der Waals surface area contributed by atoms with E-state index in [1.165, 1.54) is 12.1 Å². The number of rotatable bonds is 7. The predicted molar refractivity (Wildman–Crippen MR) is 100 cm³/mol. The van der Waals surface area contributed by atoms with Crippen molar-refractivity contribution in [1.29, 1.82) is 0 Å². The topological polar surface area (TPSA) is 59.0 Å². The largest absolute Gasteiger partial charge is 0.573 e. The van der Waals surface area contributed by atoms with Crippen LogP contribution in [-0.4, -0.2) is 35.4 Å². The van der Waals surface area contributed by atoms with Gasteiger partial charge >= 0.3 is 12.3 Å². The molecule has 156 valence electrons. The number of alkyl halides is 3. The first-order chi connectivity index (χ1) is 13.6. The molecule has 0 aliphatic carbocycles. The van der Waals surface area contributed by atoms with Crippen LogP contribution >= 0.6 is 23.2 Å². The first-order valence-corrected chi connectivity index (χ1v) is 9.27. The molecule has 3 rings (SSSR count). The first-order valence-electron chi connectivity index (χ1n) is 8.51. The zero-order valence-corrected chi connectivity index (χ0v) is 16.4. The molecule has 2 aromatic rings. The van der Waals surface area contributed by atoms with E-state index in [0.29, 0.717) is 40.8 Å². The van der Waals surface area contributed by atoms with Gasteiger partial charge in [0.05, 0.1) is 16.0 Å². The number of carboxylic acid groups (broad SMARTS) is 1. The summed E-state index contributed by atoms with van der Waals surface area (Å²) in [5.74, 6) is -1.88. The van der Waals surface area contributed by atoms with E-state index in [0.717, 1.165) is 0 Å². The molecule has 1 heterocycles. The molecule has 29 heavy (non-hydrogen) atoms. The number of likely N-dealkylation sites (tertiary alicyclic amines) is 1. The summed E-state index contributed by atoms with van der Waals surface area (Å²) < 4.78 is 48.0. The lowest BCUT2D eigenvalue weighted by Crippen LogP contribution is -2.49. The molecule has 1 aliphatic heterocycles. The fourth-order valence-corrected chi connectivity index (χ4v) is 3.20. The van der Waals surface area contributed by atoms with Gasteiger partial charge in [0.15, 0.2) is 11.5 Å². The van der Waals surface area contributed by atoms with Crippen molar-refractivity contribution in [1.82, 2.24) is 4.90 Å². The van der Waals surface area contributed by atoms with E-state index in [9.17, 15) is 18.0 Å². The molecule has 0 bridgehead atoms. The Kier molecular flexibility index (Phi) is 6.45. The van der Waals surface area contributed by atoms with Gasteiger partial charge in [-0.25, -0.2) is 0 Å². The van der Waals surface area contributed by atoms with Gasteiger partial charge in [-0.15, -0.1) is 13.2 Å². The lowest BCUT2D eigenvalue weighted by Gasteiger charge is -2.36. The minimum absolute atomic E-state index is 0.0309. The molecule has 0 unspecified atom stereocenters. The molecular weight excluding hydrogens is 434 g/mol. The summed E-state index contributed by atoms with van der Waals surface area (Å²) >= 11 is 11.8. The number of benzene rings is 2. The third-order valence-corrected chi connectivity index (χ3v) is 5.06. The van der Waals surface area contributed by atoms with Crippen molar-refractivity contribution in [2.45, 2.75) is 19.5 Å². The molecule has 2 aromatic carbocycles. The van der Waals surface area contributed by atoms with E-state index in [-0.39, 0.29) is 12.4 Å². The Morgan fingerprint density at radius 2 is 1.76 bits per heavy atom. The van der Waals surface area contributed by atoms with Gasteiger partial charge in [-0.2, -0.15) is 0 Å². The van der Waals surface area contributed by atoms with Crippen LogP contribution in [0.3, 0.4) is 0 Å². The van der Waals surface area contributed by atoms with Crippen molar-refractivity contribution in [3.05, 3.63) is 57.6 Å². The molecular formula is C19H16Cl2F3NO4. The molecule has 10 heteroatoms.